The van der Waals surface area contributed by atoms with E-state index in [0.717, 1.165) is 18.9 Å². The molecule has 4 N–H and O–H groups in total. The number of aromatic nitrogens is 1. The molecule has 3 rings (SSSR count). The monoisotopic (exact) mass is 411 g/mol. The molecule has 1 heterocycles. The van der Waals surface area contributed by atoms with E-state index in [1.807, 2.05) is 6.07 Å². The summed E-state index contributed by atoms with van der Waals surface area (Å²) in [6, 6.07) is 8.99. The molecule has 0 aliphatic heterocycles. The minimum atomic E-state index is -1.13. The van der Waals surface area contributed by atoms with Gasteiger partial charge in [0.2, 0.25) is 0 Å². The highest BCUT2D eigenvalue weighted by Gasteiger charge is 2.28. The second kappa shape index (κ2) is 9.22. The average molecular weight is 411 g/mol. The number of amides is 1. The summed E-state index contributed by atoms with van der Waals surface area (Å²) in [6.45, 7) is 1.45. The van der Waals surface area contributed by atoms with Crippen LogP contribution in [0.5, 0.6) is 0 Å². The number of halogens is 1. The van der Waals surface area contributed by atoms with E-state index in [-0.39, 0.29) is 35.1 Å². The number of Topliss-reactive ketones (excluding diaryl/α,β-unsaturated/α-hetero) is 1. The fourth-order valence-electron chi connectivity index (χ4n) is 3.53. The maximum Gasteiger partial charge on any atom is 0.404 e. The molecule has 0 unspecified atom stereocenters. The molecule has 156 valence electrons. The number of carbonyl (C=O) groups is 2. The number of rotatable bonds is 6. The van der Waals surface area contributed by atoms with Crippen molar-refractivity contribution in [1.82, 2.24) is 10.3 Å². The van der Waals surface area contributed by atoms with Gasteiger partial charge in [-0.15, -0.1) is 0 Å². The first-order valence-corrected chi connectivity index (χ1v) is 9.62. The summed E-state index contributed by atoms with van der Waals surface area (Å²) < 4.78 is 14.6. The molecule has 2 atom stereocenters. The fraction of sp³-hybridized carbons (Fsp3) is 0.333. The number of nitrogens with zero attached hydrogens (tertiary/aromatic N) is 2. The zero-order valence-corrected chi connectivity index (χ0v) is 16.4. The first-order chi connectivity index (χ1) is 14.4. The third-order valence-corrected chi connectivity index (χ3v) is 5.03. The highest BCUT2D eigenvalue weighted by molar-refractivity contribution is 5.95. The van der Waals surface area contributed by atoms with E-state index in [1.165, 1.54) is 6.92 Å². The third-order valence-electron chi connectivity index (χ3n) is 5.03. The number of benzene rings is 1. The molecule has 1 fully saturated rings. The minimum Gasteiger partial charge on any atom is -0.465 e. The molecule has 2 aromatic rings. The molecule has 30 heavy (non-hydrogen) atoms. The highest BCUT2D eigenvalue weighted by atomic mass is 19.1. The Bertz CT molecular complexity index is 1000. The van der Waals surface area contributed by atoms with Crippen LogP contribution in [0.15, 0.2) is 30.3 Å². The van der Waals surface area contributed by atoms with Crippen LogP contribution in [0.3, 0.4) is 0 Å². The first-order valence-electron chi connectivity index (χ1n) is 9.62. The second-order valence-corrected chi connectivity index (χ2v) is 7.18. The molecule has 0 saturated heterocycles. The van der Waals surface area contributed by atoms with Crippen LogP contribution in [0, 0.1) is 17.1 Å². The molecule has 0 spiro atoms. The predicted octanol–water partition coefficient (Wildman–Crippen LogP) is 4.03. The average Bonchev–Trinajstić information content (AvgIpc) is 2.71. The summed E-state index contributed by atoms with van der Waals surface area (Å²) in [5.74, 6) is -0.735. The van der Waals surface area contributed by atoms with Gasteiger partial charge in [0.1, 0.15) is 6.07 Å². The van der Waals surface area contributed by atoms with E-state index < -0.39 is 11.9 Å². The van der Waals surface area contributed by atoms with Gasteiger partial charge < -0.3 is 21.1 Å². The van der Waals surface area contributed by atoms with Crippen molar-refractivity contribution in [3.8, 4) is 6.07 Å². The Labute approximate surface area is 173 Å². The normalized spacial score (nSPS) is 18.2. The van der Waals surface area contributed by atoms with Gasteiger partial charge in [-0.2, -0.15) is 5.26 Å². The molecular weight excluding hydrogens is 389 g/mol. The minimum absolute atomic E-state index is 0.00938. The zero-order valence-electron chi connectivity index (χ0n) is 16.4. The molecule has 0 radical (unpaired) electrons. The summed E-state index contributed by atoms with van der Waals surface area (Å²) in [4.78, 5) is 26.9. The number of nitrogens with one attached hydrogen (secondary N) is 3. The van der Waals surface area contributed by atoms with Crippen molar-refractivity contribution in [1.29, 1.82) is 5.26 Å². The molecule has 1 aliphatic carbocycles. The number of ketones is 1. The Morgan fingerprint density at radius 1 is 1.20 bits per heavy atom. The van der Waals surface area contributed by atoms with Crippen LogP contribution in [0.1, 0.15) is 48.5 Å². The molecule has 1 aromatic heterocycles. The Hall–Kier alpha value is -3.67. The Kier molecular flexibility index (Phi) is 6.47. The van der Waals surface area contributed by atoms with Crippen LogP contribution in [-0.2, 0) is 0 Å². The maximum absolute atomic E-state index is 14.6. The van der Waals surface area contributed by atoms with Crippen molar-refractivity contribution in [3.63, 3.8) is 0 Å². The van der Waals surface area contributed by atoms with Gasteiger partial charge in [0.15, 0.2) is 23.2 Å². The quantitative estimate of drug-likeness (QED) is 0.529. The van der Waals surface area contributed by atoms with Gasteiger partial charge >= 0.3 is 6.09 Å². The van der Waals surface area contributed by atoms with E-state index >= 15 is 0 Å². The zero-order chi connectivity index (χ0) is 21.7. The van der Waals surface area contributed by atoms with E-state index in [9.17, 15) is 19.2 Å². The van der Waals surface area contributed by atoms with Crippen LogP contribution in [0.2, 0.25) is 0 Å². The number of anilines is 3. The van der Waals surface area contributed by atoms with Crippen LogP contribution < -0.4 is 16.0 Å². The number of carboxylic acid groups (broad SMARTS) is 1. The molecule has 8 nitrogen and oxygen atoms in total. The summed E-state index contributed by atoms with van der Waals surface area (Å²) in [7, 11) is 0. The SMILES string of the molecule is CC(=O)c1cccc(Nc2nc(N[C@@H]3CCCC[C@@H]3NC(=O)O)c(F)cc2C#N)c1. The number of nitriles is 1. The number of hydrogen-bond donors (Lipinski definition) is 4. The largest absolute Gasteiger partial charge is 0.465 e. The predicted molar refractivity (Wildman–Crippen MR) is 109 cm³/mol. The van der Waals surface area contributed by atoms with Crippen molar-refractivity contribution < 1.29 is 19.1 Å². The van der Waals surface area contributed by atoms with E-state index in [0.29, 0.717) is 24.1 Å². The van der Waals surface area contributed by atoms with Gasteiger partial charge in [0, 0.05) is 17.3 Å². The summed E-state index contributed by atoms with van der Waals surface area (Å²) >= 11 is 0. The molecule has 1 aliphatic rings. The van der Waals surface area contributed by atoms with Gasteiger partial charge in [0.05, 0.1) is 11.6 Å². The van der Waals surface area contributed by atoms with Gasteiger partial charge in [-0.25, -0.2) is 14.2 Å². The lowest BCUT2D eigenvalue weighted by atomic mass is 9.90. The fourth-order valence-corrected chi connectivity index (χ4v) is 3.53. The first kappa shape index (κ1) is 21.0. The topological polar surface area (TPSA) is 127 Å². The van der Waals surface area contributed by atoms with Crippen molar-refractivity contribution in [3.05, 3.63) is 47.3 Å². The lowest BCUT2D eigenvalue weighted by Gasteiger charge is -2.32. The summed E-state index contributed by atoms with van der Waals surface area (Å²) in [5, 5.41) is 26.8. The van der Waals surface area contributed by atoms with Gasteiger partial charge in [0.25, 0.3) is 0 Å². The summed E-state index contributed by atoms with van der Waals surface area (Å²) in [6.07, 6.45) is 1.94. The lowest BCUT2D eigenvalue weighted by molar-refractivity contribution is 0.101. The Balaban J connectivity index is 1.88. The van der Waals surface area contributed by atoms with Crippen LogP contribution in [0.25, 0.3) is 0 Å². The Morgan fingerprint density at radius 3 is 2.60 bits per heavy atom. The maximum atomic E-state index is 14.6. The van der Waals surface area contributed by atoms with E-state index in [1.54, 1.807) is 24.3 Å². The van der Waals surface area contributed by atoms with Gasteiger partial charge in [-0.3, -0.25) is 4.79 Å². The smallest absolute Gasteiger partial charge is 0.404 e. The molecule has 1 aromatic carbocycles. The second-order valence-electron chi connectivity index (χ2n) is 7.18. The van der Waals surface area contributed by atoms with Crippen LogP contribution >= 0.6 is 0 Å². The van der Waals surface area contributed by atoms with Crippen molar-refractivity contribution in [2.24, 2.45) is 0 Å². The number of pyridine rings is 1. The van der Waals surface area contributed by atoms with E-state index in [4.69, 9.17) is 5.11 Å². The molecule has 1 amide bonds. The van der Waals surface area contributed by atoms with E-state index in [2.05, 4.69) is 20.9 Å². The van der Waals surface area contributed by atoms with Gasteiger partial charge in [-0.1, -0.05) is 25.0 Å². The summed E-state index contributed by atoms with van der Waals surface area (Å²) in [5.41, 5.74) is 1.03. The highest BCUT2D eigenvalue weighted by Crippen LogP contribution is 2.27. The van der Waals surface area contributed by atoms with Gasteiger partial charge in [-0.05, 0) is 38.0 Å². The van der Waals surface area contributed by atoms with Crippen LogP contribution in [-0.4, -0.2) is 34.1 Å². The number of carbonyl (C=O) groups excluding carboxylic acids is 1. The van der Waals surface area contributed by atoms with Crippen molar-refractivity contribution in [2.45, 2.75) is 44.7 Å². The van der Waals surface area contributed by atoms with Crippen LogP contribution in [0.4, 0.5) is 26.5 Å². The molecule has 1 saturated carbocycles. The lowest BCUT2D eigenvalue weighted by Crippen LogP contribution is -2.48. The van der Waals surface area contributed by atoms with Crippen molar-refractivity contribution >= 4 is 29.2 Å². The molecule has 0 bridgehead atoms. The standard InChI is InChI=1S/C21H22FN5O3/c1-12(28)13-5-4-6-15(9-13)24-19-14(11-23)10-16(22)20(27-19)25-17-7-2-3-8-18(17)26-21(29)30/h4-6,9-10,17-18,26H,2-3,7-8H2,1H3,(H,29,30)(H2,24,25,27)/t17-,18+/m1/s1. The number of hydrogen-bond acceptors (Lipinski definition) is 6. The van der Waals surface area contributed by atoms with Crippen molar-refractivity contribution in [2.75, 3.05) is 10.6 Å². The molecular formula is C21H22FN5O3. The third kappa shape index (κ3) is 5.03. The Morgan fingerprint density at radius 2 is 1.93 bits per heavy atom. The molecule has 9 heteroatoms.